The van der Waals surface area contributed by atoms with Gasteiger partial charge in [0.2, 0.25) is 0 Å². The second-order valence-corrected chi connectivity index (χ2v) is 6.61. The summed E-state index contributed by atoms with van der Waals surface area (Å²) in [6, 6.07) is 14.2. The normalized spacial score (nSPS) is 12.6. The summed E-state index contributed by atoms with van der Waals surface area (Å²) in [6.45, 7) is 5.40. The van der Waals surface area contributed by atoms with Gasteiger partial charge in [-0.3, -0.25) is 0 Å². The Bertz CT molecular complexity index is 628. The van der Waals surface area contributed by atoms with Gasteiger partial charge in [-0.1, -0.05) is 43.8 Å². The molecule has 1 aliphatic heterocycles. The maximum atomic E-state index is 10.3. The molecule has 0 spiro atoms. The zero-order valence-electron chi connectivity index (χ0n) is 12.5. The third-order valence-electron chi connectivity index (χ3n) is 3.55. The number of para-hydroxylation sites is 2. The number of fused-ring (bicyclic) bond motifs is 2. The van der Waals surface area contributed by atoms with E-state index < -0.39 is 0 Å². The van der Waals surface area contributed by atoms with E-state index in [-0.39, 0.29) is 6.15 Å². The topological polar surface area (TPSA) is 58.5 Å². The molecule has 4 N–H and O–H groups in total. The van der Waals surface area contributed by atoms with Crippen molar-refractivity contribution in [2.75, 3.05) is 11.4 Å². The van der Waals surface area contributed by atoms with Crippen molar-refractivity contribution >= 4 is 23.1 Å². The van der Waals surface area contributed by atoms with E-state index in [0.29, 0.717) is 11.7 Å². The molecule has 1 heterocycles. The monoisotopic (exact) mass is 302 g/mol. The first-order chi connectivity index (χ1) is 9.66. The van der Waals surface area contributed by atoms with Gasteiger partial charge in [0.15, 0.2) is 0 Å². The molecule has 4 heteroatoms. The van der Waals surface area contributed by atoms with Crippen molar-refractivity contribution in [2.24, 2.45) is 5.92 Å². The van der Waals surface area contributed by atoms with Gasteiger partial charge in [0.1, 0.15) is 5.75 Å². The van der Waals surface area contributed by atoms with Crippen LogP contribution in [0.2, 0.25) is 0 Å². The molecule has 0 saturated carbocycles. The van der Waals surface area contributed by atoms with E-state index in [2.05, 4.69) is 49.1 Å². The third kappa shape index (κ3) is 3.01. The van der Waals surface area contributed by atoms with Crippen LogP contribution in [-0.2, 0) is 0 Å². The molecule has 2 aromatic carbocycles. The van der Waals surface area contributed by atoms with Crippen molar-refractivity contribution in [3.8, 4) is 5.75 Å². The van der Waals surface area contributed by atoms with Crippen LogP contribution in [0.25, 0.3) is 0 Å². The number of phenols is 1. The fraction of sp³-hybridized carbons (Fsp3) is 0.294. The van der Waals surface area contributed by atoms with Gasteiger partial charge in [-0.25, -0.2) is 0 Å². The van der Waals surface area contributed by atoms with Crippen molar-refractivity contribution < 1.29 is 5.11 Å². The lowest BCUT2D eigenvalue weighted by Gasteiger charge is -2.33. The number of nitrogens with zero attached hydrogens (tertiary/aromatic N) is 1. The molecule has 0 aliphatic carbocycles. The average molecular weight is 302 g/mol. The van der Waals surface area contributed by atoms with Gasteiger partial charge >= 0.3 is 0 Å². The Morgan fingerprint density at radius 1 is 1.05 bits per heavy atom. The summed E-state index contributed by atoms with van der Waals surface area (Å²) in [5, 5.41) is 10.3. The van der Waals surface area contributed by atoms with E-state index in [1.807, 2.05) is 6.07 Å². The Balaban J connectivity index is 0.00000161. The summed E-state index contributed by atoms with van der Waals surface area (Å²) in [5.74, 6) is 1.01. The van der Waals surface area contributed by atoms with E-state index in [1.54, 1.807) is 17.8 Å². The first kappa shape index (κ1) is 15.7. The predicted octanol–water partition coefficient (Wildman–Crippen LogP) is 5.20. The molecule has 0 radical (unpaired) electrons. The minimum absolute atomic E-state index is 0. The fourth-order valence-electron chi connectivity index (χ4n) is 2.49. The van der Waals surface area contributed by atoms with Gasteiger partial charge < -0.3 is 16.2 Å². The van der Waals surface area contributed by atoms with Crippen molar-refractivity contribution in [1.82, 2.24) is 6.15 Å². The summed E-state index contributed by atoms with van der Waals surface area (Å²) in [5.41, 5.74) is 2.16. The van der Waals surface area contributed by atoms with E-state index >= 15 is 0 Å². The van der Waals surface area contributed by atoms with Crippen LogP contribution in [0.3, 0.4) is 0 Å². The highest BCUT2D eigenvalue weighted by molar-refractivity contribution is 7.99. The zero-order valence-corrected chi connectivity index (χ0v) is 13.4. The van der Waals surface area contributed by atoms with Crippen LogP contribution in [-0.4, -0.2) is 11.7 Å². The van der Waals surface area contributed by atoms with Crippen LogP contribution >= 0.6 is 11.8 Å². The van der Waals surface area contributed by atoms with Crippen LogP contribution in [0, 0.1) is 5.92 Å². The molecule has 0 fully saturated rings. The predicted molar refractivity (Wildman–Crippen MR) is 90.2 cm³/mol. The SMILES string of the molecule is CC(C)CCN1c2ccccc2Sc2cccc(O)c21.N. The highest BCUT2D eigenvalue weighted by atomic mass is 32.2. The number of phenolic OH excluding ortho intramolecular Hbond substituents is 1. The number of benzene rings is 2. The lowest BCUT2D eigenvalue weighted by molar-refractivity contribution is 0.472. The number of hydrogen-bond acceptors (Lipinski definition) is 4. The van der Waals surface area contributed by atoms with Gasteiger partial charge in [-0.05, 0) is 36.6 Å². The average Bonchev–Trinajstić information content (AvgIpc) is 2.43. The standard InChI is InChI=1S/C17H19NOS.H3N/c1-12(2)10-11-18-13-6-3-4-8-15(13)20-16-9-5-7-14(19)17(16)18;/h3-9,12,19H,10-11H2,1-2H3;1H3. The lowest BCUT2D eigenvalue weighted by Crippen LogP contribution is -2.23. The Kier molecular flexibility index (Phi) is 4.80. The quantitative estimate of drug-likeness (QED) is 0.817. The van der Waals surface area contributed by atoms with Gasteiger partial charge in [0.05, 0.1) is 11.4 Å². The minimum Gasteiger partial charge on any atom is -0.506 e. The largest absolute Gasteiger partial charge is 0.506 e. The van der Waals surface area contributed by atoms with Gasteiger partial charge in [-0.15, -0.1) is 0 Å². The molecular weight excluding hydrogens is 280 g/mol. The van der Waals surface area contributed by atoms with E-state index in [0.717, 1.165) is 23.5 Å². The highest BCUT2D eigenvalue weighted by Gasteiger charge is 2.25. The first-order valence-corrected chi connectivity index (χ1v) is 7.85. The molecular formula is C17H22N2OS. The molecule has 3 nitrogen and oxygen atoms in total. The fourth-order valence-corrected chi connectivity index (χ4v) is 3.61. The maximum absolute atomic E-state index is 10.3. The molecule has 0 unspecified atom stereocenters. The second kappa shape index (κ2) is 6.41. The van der Waals surface area contributed by atoms with Crippen LogP contribution in [0.5, 0.6) is 5.75 Å². The summed E-state index contributed by atoms with van der Waals surface area (Å²) in [7, 11) is 0. The molecule has 1 aliphatic rings. The molecule has 0 amide bonds. The van der Waals surface area contributed by atoms with Crippen LogP contribution in [0.4, 0.5) is 11.4 Å². The van der Waals surface area contributed by atoms with Crippen molar-refractivity contribution in [3.63, 3.8) is 0 Å². The van der Waals surface area contributed by atoms with Crippen molar-refractivity contribution in [3.05, 3.63) is 42.5 Å². The number of hydrogen-bond donors (Lipinski definition) is 2. The minimum atomic E-state index is 0. The lowest BCUT2D eigenvalue weighted by atomic mass is 10.1. The Hall–Kier alpha value is -1.65. The van der Waals surface area contributed by atoms with Crippen LogP contribution < -0.4 is 11.1 Å². The number of rotatable bonds is 3. The molecule has 3 rings (SSSR count). The molecule has 2 aromatic rings. The summed E-state index contributed by atoms with van der Waals surface area (Å²) in [6.07, 6.45) is 1.10. The number of anilines is 2. The highest BCUT2D eigenvalue weighted by Crippen LogP contribution is 2.51. The Labute approximate surface area is 130 Å². The Morgan fingerprint density at radius 3 is 2.52 bits per heavy atom. The number of aromatic hydroxyl groups is 1. The van der Waals surface area contributed by atoms with E-state index in [4.69, 9.17) is 0 Å². The molecule has 21 heavy (non-hydrogen) atoms. The van der Waals surface area contributed by atoms with Gasteiger partial charge in [-0.2, -0.15) is 0 Å². The molecule has 112 valence electrons. The third-order valence-corrected chi connectivity index (χ3v) is 4.67. The smallest absolute Gasteiger partial charge is 0.140 e. The van der Waals surface area contributed by atoms with E-state index in [1.165, 1.54) is 10.6 Å². The van der Waals surface area contributed by atoms with Gasteiger partial charge in [0.25, 0.3) is 0 Å². The van der Waals surface area contributed by atoms with Crippen molar-refractivity contribution in [2.45, 2.75) is 30.1 Å². The molecule has 0 bridgehead atoms. The summed E-state index contributed by atoms with van der Waals surface area (Å²) >= 11 is 1.73. The van der Waals surface area contributed by atoms with E-state index in [9.17, 15) is 5.11 Å². The first-order valence-electron chi connectivity index (χ1n) is 7.03. The maximum Gasteiger partial charge on any atom is 0.140 e. The molecule has 0 atom stereocenters. The summed E-state index contributed by atoms with van der Waals surface area (Å²) in [4.78, 5) is 4.65. The molecule has 0 saturated heterocycles. The molecule has 0 aromatic heterocycles. The Morgan fingerprint density at radius 2 is 1.76 bits per heavy atom. The second-order valence-electron chi connectivity index (χ2n) is 5.53. The summed E-state index contributed by atoms with van der Waals surface area (Å²) < 4.78 is 0. The van der Waals surface area contributed by atoms with Crippen LogP contribution in [0.1, 0.15) is 20.3 Å². The van der Waals surface area contributed by atoms with Crippen molar-refractivity contribution in [1.29, 1.82) is 0 Å². The zero-order chi connectivity index (χ0) is 14.1. The van der Waals surface area contributed by atoms with Crippen LogP contribution in [0.15, 0.2) is 52.3 Å². The van der Waals surface area contributed by atoms with Gasteiger partial charge in [0, 0.05) is 16.3 Å².